The fraction of sp³-hybridized carbons (Fsp3) is 0.308. The maximum absolute atomic E-state index is 14.5. The van der Waals surface area contributed by atoms with Crippen LogP contribution in [0.25, 0.3) is 11.1 Å². The molecule has 0 unspecified atom stereocenters. The summed E-state index contributed by atoms with van der Waals surface area (Å²) in [4.78, 5) is 0. The number of methoxy groups -OCH3 is 2. The second-order valence-electron chi connectivity index (χ2n) is 4.12. The molecule has 2 N–H and O–H groups in total. The molecule has 2 rings (SSSR count). The second-order valence-corrected chi connectivity index (χ2v) is 4.12. The number of anilines is 1. The molecule has 2 aromatic rings. The van der Waals surface area contributed by atoms with Crippen LogP contribution in [0.15, 0.2) is 18.3 Å². The summed E-state index contributed by atoms with van der Waals surface area (Å²) in [5.74, 6) is 0.393. The number of halogens is 1. The van der Waals surface area contributed by atoms with Crippen molar-refractivity contribution in [3.05, 3.63) is 29.7 Å². The van der Waals surface area contributed by atoms with Crippen molar-refractivity contribution >= 4 is 5.82 Å². The first-order valence-corrected chi connectivity index (χ1v) is 5.72. The summed E-state index contributed by atoms with van der Waals surface area (Å²) < 4.78 is 26.2. The van der Waals surface area contributed by atoms with E-state index in [4.69, 9.17) is 15.2 Å². The van der Waals surface area contributed by atoms with E-state index in [0.717, 1.165) is 0 Å². The fourth-order valence-electron chi connectivity index (χ4n) is 1.93. The Kier molecular flexibility index (Phi) is 3.71. The normalized spacial score (nSPS) is 10.7. The Bertz CT molecular complexity index is 596. The number of aryl methyl sites for hydroxylation is 1. The lowest BCUT2D eigenvalue weighted by Gasteiger charge is -2.12. The molecule has 6 heteroatoms. The Hall–Kier alpha value is -2.08. The molecule has 1 aromatic carbocycles. The minimum Gasteiger partial charge on any atom is -0.496 e. The second kappa shape index (κ2) is 5.27. The Morgan fingerprint density at radius 2 is 2.11 bits per heavy atom. The number of nitrogens with two attached hydrogens (primary N) is 1. The van der Waals surface area contributed by atoms with E-state index < -0.39 is 5.82 Å². The lowest BCUT2D eigenvalue weighted by atomic mass is 10.0. The number of benzene rings is 1. The van der Waals surface area contributed by atoms with Crippen LogP contribution in [-0.2, 0) is 18.4 Å². The van der Waals surface area contributed by atoms with Gasteiger partial charge in [0, 0.05) is 19.7 Å². The summed E-state index contributed by atoms with van der Waals surface area (Å²) in [7, 11) is 4.70. The van der Waals surface area contributed by atoms with E-state index in [-0.39, 0.29) is 6.61 Å². The zero-order valence-electron chi connectivity index (χ0n) is 11.1. The summed E-state index contributed by atoms with van der Waals surface area (Å²) in [6.07, 6.45) is 1.52. The summed E-state index contributed by atoms with van der Waals surface area (Å²) in [6, 6.07) is 3.33. The van der Waals surface area contributed by atoms with E-state index in [0.29, 0.717) is 28.3 Å². The molecule has 0 amide bonds. The predicted molar refractivity (Wildman–Crippen MR) is 70.3 cm³/mol. The Morgan fingerprint density at radius 3 is 2.63 bits per heavy atom. The Morgan fingerprint density at radius 1 is 1.37 bits per heavy atom. The quantitative estimate of drug-likeness (QED) is 0.918. The topological polar surface area (TPSA) is 62.3 Å². The van der Waals surface area contributed by atoms with E-state index >= 15 is 0 Å². The Labute approximate surface area is 110 Å². The van der Waals surface area contributed by atoms with E-state index in [1.807, 2.05) is 0 Å². The minimum atomic E-state index is -0.402. The van der Waals surface area contributed by atoms with Crippen molar-refractivity contribution in [1.82, 2.24) is 9.78 Å². The molecule has 5 nitrogen and oxygen atoms in total. The molecule has 0 saturated heterocycles. The molecule has 0 fully saturated rings. The molecule has 0 aliphatic heterocycles. The van der Waals surface area contributed by atoms with Gasteiger partial charge in [-0.25, -0.2) is 4.39 Å². The number of rotatable bonds is 4. The van der Waals surface area contributed by atoms with Crippen molar-refractivity contribution in [2.75, 3.05) is 20.0 Å². The van der Waals surface area contributed by atoms with Crippen molar-refractivity contribution in [1.29, 1.82) is 0 Å². The number of nitrogen functional groups attached to an aromatic ring is 1. The number of nitrogens with zero attached hydrogens (tertiary/aromatic N) is 2. The fourth-order valence-corrected chi connectivity index (χ4v) is 1.93. The van der Waals surface area contributed by atoms with Crippen LogP contribution in [0.4, 0.5) is 10.2 Å². The van der Waals surface area contributed by atoms with Crippen LogP contribution in [0.3, 0.4) is 0 Å². The third kappa shape index (κ3) is 2.26. The minimum absolute atomic E-state index is 0.184. The van der Waals surface area contributed by atoms with Crippen LogP contribution in [0.1, 0.15) is 5.56 Å². The molecule has 19 heavy (non-hydrogen) atoms. The first-order chi connectivity index (χ1) is 9.10. The standard InChI is InChI=1S/C13H16FN3O2/c1-17-13(15)9(6-16-17)11-10(19-3)5-4-8(7-18-2)12(11)14/h4-6H,7,15H2,1-3H3. The predicted octanol–water partition coefficient (Wildman–Crippen LogP) is 1.96. The first kappa shape index (κ1) is 13.4. The van der Waals surface area contributed by atoms with Gasteiger partial charge in [-0.15, -0.1) is 0 Å². The number of hydrogen-bond donors (Lipinski definition) is 1. The van der Waals surface area contributed by atoms with E-state index in [2.05, 4.69) is 5.10 Å². The highest BCUT2D eigenvalue weighted by atomic mass is 19.1. The van der Waals surface area contributed by atoms with Gasteiger partial charge in [0.1, 0.15) is 17.4 Å². The smallest absolute Gasteiger partial charge is 0.140 e. The first-order valence-electron chi connectivity index (χ1n) is 5.72. The van der Waals surface area contributed by atoms with Crippen LogP contribution in [0.5, 0.6) is 5.75 Å². The van der Waals surface area contributed by atoms with Gasteiger partial charge in [0.2, 0.25) is 0 Å². The van der Waals surface area contributed by atoms with Crippen LogP contribution in [-0.4, -0.2) is 24.0 Å². The van der Waals surface area contributed by atoms with Crippen molar-refractivity contribution < 1.29 is 13.9 Å². The highest BCUT2D eigenvalue weighted by molar-refractivity contribution is 5.79. The number of ether oxygens (including phenoxy) is 2. The van der Waals surface area contributed by atoms with Gasteiger partial charge in [0.25, 0.3) is 0 Å². The molecule has 0 spiro atoms. The molecule has 1 heterocycles. The van der Waals surface area contributed by atoms with Gasteiger partial charge in [-0.1, -0.05) is 6.07 Å². The zero-order chi connectivity index (χ0) is 14.0. The van der Waals surface area contributed by atoms with Gasteiger partial charge in [-0.3, -0.25) is 4.68 Å². The van der Waals surface area contributed by atoms with Gasteiger partial charge >= 0.3 is 0 Å². The molecular weight excluding hydrogens is 249 g/mol. The van der Waals surface area contributed by atoms with Crippen molar-refractivity contribution in [3.8, 4) is 16.9 Å². The molecule has 102 valence electrons. The molecule has 0 bridgehead atoms. The number of aromatic nitrogens is 2. The molecule has 0 saturated carbocycles. The van der Waals surface area contributed by atoms with Gasteiger partial charge in [-0.2, -0.15) is 5.10 Å². The third-order valence-corrected chi connectivity index (χ3v) is 2.96. The van der Waals surface area contributed by atoms with Crippen LogP contribution >= 0.6 is 0 Å². The third-order valence-electron chi connectivity index (χ3n) is 2.96. The Balaban J connectivity index is 2.65. The highest BCUT2D eigenvalue weighted by Gasteiger charge is 2.20. The highest BCUT2D eigenvalue weighted by Crippen LogP contribution is 2.37. The lowest BCUT2D eigenvalue weighted by Crippen LogP contribution is -2.02. The van der Waals surface area contributed by atoms with E-state index in [9.17, 15) is 4.39 Å². The largest absolute Gasteiger partial charge is 0.496 e. The van der Waals surface area contributed by atoms with Crippen molar-refractivity contribution in [2.45, 2.75) is 6.61 Å². The van der Waals surface area contributed by atoms with Crippen LogP contribution in [0, 0.1) is 5.82 Å². The van der Waals surface area contributed by atoms with Crippen LogP contribution in [0.2, 0.25) is 0 Å². The molecule has 0 aliphatic rings. The molecule has 1 aromatic heterocycles. The van der Waals surface area contributed by atoms with Crippen molar-refractivity contribution in [3.63, 3.8) is 0 Å². The van der Waals surface area contributed by atoms with Crippen LogP contribution < -0.4 is 10.5 Å². The van der Waals surface area contributed by atoms with Gasteiger partial charge in [-0.05, 0) is 6.07 Å². The number of hydrogen-bond acceptors (Lipinski definition) is 4. The van der Waals surface area contributed by atoms with E-state index in [1.54, 1.807) is 19.2 Å². The monoisotopic (exact) mass is 265 g/mol. The molecule has 0 aliphatic carbocycles. The van der Waals surface area contributed by atoms with E-state index in [1.165, 1.54) is 25.1 Å². The molecule has 0 radical (unpaired) electrons. The summed E-state index contributed by atoms with van der Waals surface area (Å²) in [6.45, 7) is 0.184. The summed E-state index contributed by atoms with van der Waals surface area (Å²) >= 11 is 0. The average molecular weight is 265 g/mol. The maximum atomic E-state index is 14.5. The van der Waals surface area contributed by atoms with Gasteiger partial charge in [0.05, 0.1) is 31.0 Å². The summed E-state index contributed by atoms with van der Waals surface area (Å²) in [5.41, 5.74) is 7.16. The SMILES string of the molecule is COCc1ccc(OC)c(-c2cnn(C)c2N)c1F. The van der Waals surface area contributed by atoms with Gasteiger partial charge in [0.15, 0.2) is 0 Å². The molecular formula is C13H16FN3O2. The molecule has 0 atom stereocenters. The zero-order valence-corrected chi connectivity index (χ0v) is 11.1. The summed E-state index contributed by atoms with van der Waals surface area (Å²) in [5, 5.41) is 4.02. The lowest BCUT2D eigenvalue weighted by molar-refractivity contribution is 0.181. The van der Waals surface area contributed by atoms with Gasteiger partial charge < -0.3 is 15.2 Å². The average Bonchev–Trinajstić information content (AvgIpc) is 2.73. The maximum Gasteiger partial charge on any atom is 0.140 e. The van der Waals surface area contributed by atoms with Crippen molar-refractivity contribution in [2.24, 2.45) is 7.05 Å².